The van der Waals surface area contributed by atoms with Crippen LogP contribution >= 0.6 is 7.82 Å². The first-order chi connectivity index (χ1) is 34.5. The molecule has 412 valence electrons. The van der Waals surface area contributed by atoms with Crippen LogP contribution in [0.2, 0.25) is 0 Å². The Morgan fingerprint density at radius 1 is 0.493 bits per heavy atom. The van der Waals surface area contributed by atoms with Crippen LogP contribution in [0.1, 0.15) is 251 Å². The van der Waals surface area contributed by atoms with Gasteiger partial charge in [0.05, 0.1) is 39.9 Å². The van der Waals surface area contributed by atoms with Gasteiger partial charge in [-0.25, -0.2) is 4.57 Å². The monoisotopic (exact) mass is 1010 g/mol. The second-order valence-corrected chi connectivity index (χ2v) is 22.4. The van der Waals surface area contributed by atoms with E-state index in [1.807, 2.05) is 21.1 Å². The number of nitrogens with one attached hydrogen (secondary N) is 1. The van der Waals surface area contributed by atoms with Crippen molar-refractivity contribution in [3.8, 4) is 0 Å². The summed E-state index contributed by atoms with van der Waals surface area (Å²) >= 11 is 0. The normalized spacial score (nSPS) is 14.5. The number of aliphatic hydroxyl groups excluding tert-OH is 1. The maximum Gasteiger partial charge on any atom is 0.472 e. The smallest absolute Gasteiger partial charge is 0.391 e. The highest BCUT2D eigenvalue weighted by atomic mass is 31.2. The lowest BCUT2D eigenvalue weighted by Crippen LogP contribution is -2.46. The molecular weight excluding hydrogens is 900 g/mol. The molecule has 3 unspecified atom stereocenters. The van der Waals surface area contributed by atoms with Crippen molar-refractivity contribution in [1.82, 2.24) is 5.32 Å². The Morgan fingerprint density at radius 3 is 1.24 bits per heavy atom. The van der Waals surface area contributed by atoms with Crippen LogP contribution in [0.5, 0.6) is 0 Å². The van der Waals surface area contributed by atoms with Crippen LogP contribution in [0.4, 0.5) is 0 Å². The number of allylic oxidation sites excluding steroid dienone is 14. The fraction of sp³-hybridized carbons (Fsp3) is 0.758. The number of likely N-dealkylation sites (N-methyl/N-ethyl adjacent to an activating group) is 1. The Hall–Kier alpha value is -2.32. The van der Waals surface area contributed by atoms with E-state index in [1.165, 1.54) is 141 Å². The summed E-state index contributed by atoms with van der Waals surface area (Å²) in [6.45, 7) is 4.77. The van der Waals surface area contributed by atoms with Crippen molar-refractivity contribution in [3.63, 3.8) is 0 Å². The third-order valence-electron chi connectivity index (χ3n) is 12.9. The number of hydrogen-bond acceptors (Lipinski definition) is 5. The highest BCUT2D eigenvalue weighted by molar-refractivity contribution is 7.47. The molecule has 71 heavy (non-hydrogen) atoms. The minimum atomic E-state index is -4.32. The van der Waals surface area contributed by atoms with Crippen molar-refractivity contribution in [2.75, 3.05) is 40.9 Å². The van der Waals surface area contributed by atoms with Crippen LogP contribution in [-0.4, -0.2) is 73.4 Å². The van der Waals surface area contributed by atoms with E-state index in [2.05, 4.69) is 104 Å². The molecule has 8 nitrogen and oxygen atoms in total. The standard InChI is InChI=1S/C62H113N2O6P/c1-6-8-10-12-14-16-18-20-21-22-23-24-25-26-27-28-29-30-31-32-33-34-35-36-37-38-39-40-41-42-43-44-46-48-50-52-54-56-62(66)63-60(59-70-71(67,68)69-58-57-64(3,4)5)61(65)55-53-51-49-47-45-19-17-15-13-11-9-7-2/h8,10,14,16,20-21,23-24,26-27,29-30,32-33,60-61,65H,6-7,9,11-13,15,17-19,22,25,28,31,34-59H2,1-5H3,(H-,63,66,67,68)/p+1/b10-8-,16-14-,21-20-,24-23-,27-26-,30-29-,33-32-. The molecule has 0 aliphatic rings. The van der Waals surface area contributed by atoms with Crippen molar-refractivity contribution in [3.05, 3.63) is 85.1 Å². The summed E-state index contributed by atoms with van der Waals surface area (Å²) in [7, 11) is 1.61. The molecule has 0 aromatic rings. The minimum Gasteiger partial charge on any atom is -0.391 e. The molecule has 0 aromatic heterocycles. The maximum atomic E-state index is 13.0. The molecule has 0 spiro atoms. The average Bonchev–Trinajstić information content (AvgIpc) is 3.33. The Bertz CT molecular complexity index is 1430. The van der Waals surface area contributed by atoms with Crippen LogP contribution in [0.15, 0.2) is 85.1 Å². The molecule has 0 bridgehead atoms. The number of carbonyl (C=O) groups is 1. The number of phosphoric ester groups is 1. The van der Waals surface area contributed by atoms with Gasteiger partial charge in [-0.1, -0.05) is 259 Å². The molecule has 1 amide bonds. The summed E-state index contributed by atoms with van der Waals surface area (Å²) < 4.78 is 23.7. The second-order valence-electron chi connectivity index (χ2n) is 21.0. The van der Waals surface area contributed by atoms with Crippen molar-refractivity contribution in [1.29, 1.82) is 0 Å². The van der Waals surface area contributed by atoms with Crippen LogP contribution in [0.3, 0.4) is 0 Å². The van der Waals surface area contributed by atoms with Crippen molar-refractivity contribution < 1.29 is 32.9 Å². The highest BCUT2D eigenvalue weighted by Gasteiger charge is 2.28. The summed E-state index contributed by atoms with van der Waals surface area (Å²) in [6.07, 6.45) is 73.7. The minimum absolute atomic E-state index is 0.0728. The molecule has 0 radical (unpaired) electrons. The molecule has 3 N–H and O–H groups in total. The number of carbonyl (C=O) groups excluding carboxylic acids is 1. The third kappa shape index (κ3) is 55.3. The third-order valence-corrected chi connectivity index (χ3v) is 13.9. The second kappa shape index (κ2) is 52.5. The zero-order valence-electron chi connectivity index (χ0n) is 46.9. The average molecular weight is 1010 g/mol. The molecule has 0 aliphatic heterocycles. The van der Waals surface area contributed by atoms with E-state index in [-0.39, 0.29) is 19.1 Å². The van der Waals surface area contributed by atoms with Crippen LogP contribution < -0.4 is 5.32 Å². The van der Waals surface area contributed by atoms with E-state index in [0.29, 0.717) is 23.9 Å². The van der Waals surface area contributed by atoms with Gasteiger partial charge in [-0.05, 0) is 70.6 Å². The van der Waals surface area contributed by atoms with Gasteiger partial charge in [0, 0.05) is 6.42 Å². The molecule has 0 saturated heterocycles. The number of hydrogen-bond donors (Lipinski definition) is 3. The predicted octanol–water partition coefficient (Wildman–Crippen LogP) is 18.0. The fourth-order valence-electron chi connectivity index (χ4n) is 8.32. The van der Waals surface area contributed by atoms with Crippen LogP contribution in [0.25, 0.3) is 0 Å². The molecule has 9 heteroatoms. The van der Waals surface area contributed by atoms with Gasteiger partial charge in [0.1, 0.15) is 13.2 Å². The lowest BCUT2D eigenvalue weighted by molar-refractivity contribution is -0.870. The van der Waals surface area contributed by atoms with Crippen molar-refractivity contribution in [2.45, 2.75) is 264 Å². The Labute approximate surface area is 439 Å². The lowest BCUT2D eigenvalue weighted by atomic mass is 10.0. The fourth-order valence-corrected chi connectivity index (χ4v) is 9.06. The van der Waals surface area contributed by atoms with Crippen LogP contribution in [0, 0.1) is 0 Å². The molecule has 0 fully saturated rings. The zero-order valence-corrected chi connectivity index (χ0v) is 47.8. The van der Waals surface area contributed by atoms with Gasteiger partial charge < -0.3 is 19.8 Å². The molecule has 0 heterocycles. The number of rotatable bonds is 53. The van der Waals surface area contributed by atoms with E-state index >= 15 is 0 Å². The van der Waals surface area contributed by atoms with Crippen molar-refractivity contribution in [2.24, 2.45) is 0 Å². The van der Waals surface area contributed by atoms with Crippen LogP contribution in [-0.2, 0) is 18.4 Å². The Kier molecular flexibility index (Phi) is 50.8. The number of nitrogens with zero attached hydrogens (tertiary/aromatic N) is 1. The summed E-state index contributed by atoms with van der Waals surface area (Å²) in [5, 5.41) is 14.0. The molecule has 0 saturated carbocycles. The van der Waals surface area contributed by atoms with E-state index < -0.39 is 20.0 Å². The Morgan fingerprint density at radius 2 is 0.845 bits per heavy atom. The van der Waals surface area contributed by atoms with Gasteiger partial charge in [-0.2, -0.15) is 0 Å². The largest absolute Gasteiger partial charge is 0.472 e. The molecule has 0 rings (SSSR count). The van der Waals surface area contributed by atoms with Gasteiger partial charge >= 0.3 is 7.82 Å². The first-order valence-corrected chi connectivity index (χ1v) is 30.9. The summed E-state index contributed by atoms with van der Waals surface area (Å²) in [6, 6.07) is -0.763. The topological polar surface area (TPSA) is 105 Å². The number of unbranched alkanes of at least 4 members (excludes halogenated alkanes) is 26. The number of phosphoric acid groups is 1. The van der Waals surface area contributed by atoms with E-state index in [4.69, 9.17) is 9.05 Å². The lowest BCUT2D eigenvalue weighted by Gasteiger charge is -2.26. The molecule has 0 aliphatic carbocycles. The van der Waals surface area contributed by atoms with Gasteiger partial charge in [0.25, 0.3) is 0 Å². The quantitative estimate of drug-likeness (QED) is 0.0243. The van der Waals surface area contributed by atoms with E-state index in [9.17, 15) is 19.4 Å². The SMILES string of the molecule is CC/C=C\C/C=C\C/C=C\C/C=C\C/C=C\C/C=C\C/C=C\CCCCCCCCCCCCCCCCCC(=O)NC(COP(=O)(O)OCC[N+](C)(C)C)C(O)CCCCCCCCCCCCCC. The predicted molar refractivity (Wildman–Crippen MR) is 309 cm³/mol. The number of aliphatic hydroxyl groups is 1. The zero-order chi connectivity index (χ0) is 52.0. The van der Waals surface area contributed by atoms with Gasteiger partial charge in [-0.3, -0.25) is 13.8 Å². The molecular formula is C62H114N2O6P+. The van der Waals surface area contributed by atoms with Gasteiger partial charge in [-0.15, -0.1) is 0 Å². The summed E-state index contributed by atoms with van der Waals surface area (Å²) in [5.41, 5.74) is 0. The van der Waals surface area contributed by atoms with Gasteiger partial charge in [0.15, 0.2) is 0 Å². The Balaban J connectivity index is 3.98. The van der Waals surface area contributed by atoms with Gasteiger partial charge in [0.2, 0.25) is 5.91 Å². The first kappa shape index (κ1) is 68.7. The first-order valence-electron chi connectivity index (χ1n) is 29.5. The highest BCUT2D eigenvalue weighted by Crippen LogP contribution is 2.43. The summed E-state index contributed by atoms with van der Waals surface area (Å²) in [4.78, 5) is 23.3. The maximum absolute atomic E-state index is 13.0. The van der Waals surface area contributed by atoms with Crippen molar-refractivity contribution >= 4 is 13.7 Å². The number of quaternary nitrogens is 1. The molecule has 0 aromatic carbocycles. The summed E-state index contributed by atoms with van der Waals surface area (Å²) in [5.74, 6) is -0.147. The molecule has 3 atom stereocenters. The van der Waals surface area contributed by atoms with E-state index in [1.54, 1.807) is 0 Å². The number of amides is 1. The van der Waals surface area contributed by atoms with E-state index in [0.717, 1.165) is 83.5 Å².